The van der Waals surface area contributed by atoms with E-state index in [0.29, 0.717) is 76.1 Å². The van der Waals surface area contributed by atoms with Gasteiger partial charge in [0, 0.05) is 198 Å². The van der Waals surface area contributed by atoms with Gasteiger partial charge in [-0.3, -0.25) is 14.4 Å². The predicted octanol–water partition coefficient (Wildman–Crippen LogP) is 13.3. The number of halogens is 3. The van der Waals surface area contributed by atoms with Crippen molar-refractivity contribution in [1.29, 1.82) is 0 Å². The van der Waals surface area contributed by atoms with E-state index in [1.54, 1.807) is 44.1 Å². The molecule has 18 nitrogen and oxygen atoms in total. The Kier molecular flexibility index (Phi) is 22.0. The van der Waals surface area contributed by atoms with Crippen LogP contribution in [0, 0.1) is 18.6 Å². The summed E-state index contributed by atoms with van der Waals surface area (Å²) in [6.45, 7) is 11.8. The van der Waals surface area contributed by atoms with Gasteiger partial charge in [-0.1, -0.05) is 90.0 Å². The third kappa shape index (κ3) is 16.3. The molecule has 5 aliphatic heterocycles. The second kappa shape index (κ2) is 30.7. The van der Waals surface area contributed by atoms with Crippen LogP contribution in [-0.4, -0.2) is 174 Å². The van der Waals surface area contributed by atoms with Crippen LogP contribution in [0.3, 0.4) is 0 Å². The Morgan fingerprint density at radius 2 is 0.857 bits per heavy atom. The Morgan fingerprint density at radius 1 is 0.459 bits per heavy atom. The van der Waals surface area contributed by atoms with Crippen molar-refractivity contribution in [2.45, 2.75) is 52.9 Å². The molecule has 5 aromatic heterocycles. The van der Waals surface area contributed by atoms with Crippen molar-refractivity contribution < 1.29 is 40.0 Å². The van der Waals surface area contributed by atoms with Crippen molar-refractivity contribution in [3.63, 3.8) is 0 Å². The SMILES string of the molecule is CC(=O)N1CC=C(c2c[nH]c3cc(Cl)ccc23)CC1.CC(=O)N1CC=C(c2c[nH]c3cccc(F)c23)CC1.CNCC(=O)N1CC=C(c2c[nH]c3ccccc23)CC1.CS(=O)(=O)N1CC=C(c2c[nH]c3cccc(F)c23)CC1.Cc1ccc2[nH]cc(C3=CCN(S(C)(=O)=O)CC3)c2c1. The summed E-state index contributed by atoms with van der Waals surface area (Å²) in [6, 6.07) is 30.5. The molecule has 0 saturated heterocycles. The van der Waals surface area contributed by atoms with Crippen molar-refractivity contribution in [2.24, 2.45) is 0 Å². The second-order valence-corrected chi connectivity index (χ2v) is 29.5. The molecule has 0 spiro atoms. The number of rotatable bonds is 9. The first-order valence-corrected chi connectivity index (χ1v) is 36.8. The maximum absolute atomic E-state index is 13.9. The molecule has 23 heteroatoms. The number of hydrogen-bond acceptors (Lipinski definition) is 8. The number of fused-ring (bicyclic) bond motifs is 5. The van der Waals surface area contributed by atoms with Crippen LogP contribution in [0.25, 0.3) is 82.4 Å². The molecule has 10 aromatic rings. The molecule has 0 atom stereocenters. The van der Waals surface area contributed by atoms with Crippen molar-refractivity contribution in [3.8, 4) is 0 Å². The van der Waals surface area contributed by atoms with E-state index in [2.05, 4.69) is 91.9 Å². The lowest BCUT2D eigenvalue weighted by Gasteiger charge is -2.26. The van der Waals surface area contributed by atoms with Crippen LogP contribution in [0.2, 0.25) is 5.02 Å². The van der Waals surface area contributed by atoms with Gasteiger partial charge in [0.1, 0.15) is 11.6 Å². The van der Waals surface area contributed by atoms with Crippen LogP contribution >= 0.6 is 11.6 Å². The number of aromatic nitrogens is 5. The first-order valence-electron chi connectivity index (χ1n) is 32.7. The fourth-order valence-electron chi connectivity index (χ4n) is 13.2. The van der Waals surface area contributed by atoms with Gasteiger partial charge in [-0.15, -0.1) is 0 Å². The largest absolute Gasteiger partial charge is 0.361 e. The Labute approximate surface area is 574 Å². The number of aryl methyl sites for hydroxylation is 1. The number of benzene rings is 5. The molecule has 6 N–H and O–H groups in total. The van der Waals surface area contributed by atoms with E-state index in [4.69, 9.17) is 11.6 Å². The maximum atomic E-state index is 13.9. The normalized spacial score (nSPS) is 16.3. The lowest BCUT2D eigenvalue weighted by Crippen LogP contribution is -2.39. The third-order valence-electron chi connectivity index (χ3n) is 18.6. The molecule has 512 valence electrons. The number of para-hydroxylation sites is 1. The Balaban J connectivity index is 0.000000124. The lowest BCUT2D eigenvalue weighted by molar-refractivity contribution is -0.130. The van der Waals surface area contributed by atoms with E-state index in [9.17, 15) is 40.0 Å². The summed E-state index contributed by atoms with van der Waals surface area (Å²) in [6.07, 6.45) is 26.4. The van der Waals surface area contributed by atoms with E-state index in [0.717, 1.165) is 93.7 Å². The summed E-state index contributed by atoms with van der Waals surface area (Å²) >= 11 is 5.99. The van der Waals surface area contributed by atoms with Crippen LogP contribution in [0.1, 0.15) is 79.3 Å². The topological polar surface area (TPSA) is 227 Å². The standard InChI is InChI=1S/C16H19N3O.C15H15ClN2O.C15H15FN2O.C15H18N2O2S.C14H15FN2O2S/c1-17-11-16(20)19-8-6-12(7-9-19)14-10-18-15-5-3-2-4-13(14)15;1-10(19)18-6-4-11(5-7-18)14-9-17-15-8-12(16)2-3-13(14)15;1-10(19)18-7-5-11(6-8-18)12-9-17-14-4-2-3-13(16)15(12)14;1-11-3-4-15-13(9-11)14(10-16-15)12-5-7-17(8-6-12)20(2,18)19;1-20(18,19)17-7-5-10(6-8-17)11-9-16-13-4-2-3-12(15)14(11)13/h2-6,10,17-18H,7-9,11H2,1H3;2-4,8-9,17H,5-7H2,1H3;2-5,9,17H,6-8H2,1H3;3-5,9-10,16H,6-8H2,1-2H3;2-5,9,16H,6-8H2,1H3. The number of carbonyl (C=O) groups excluding carboxylic acids is 3. The summed E-state index contributed by atoms with van der Waals surface area (Å²) in [7, 11) is -4.45. The summed E-state index contributed by atoms with van der Waals surface area (Å²) in [4.78, 5) is 56.0. The highest BCUT2D eigenvalue weighted by molar-refractivity contribution is 7.88. The zero-order valence-electron chi connectivity index (χ0n) is 55.9. The van der Waals surface area contributed by atoms with Gasteiger partial charge in [0.2, 0.25) is 37.8 Å². The van der Waals surface area contributed by atoms with Crippen molar-refractivity contribution in [2.75, 3.05) is 91.6 Å². The van der Waals surface area contributed by atoms with E-state index >= 15 is 0 Å². The minimum Gasteiger partial charge on any atom is -0.361 e. The summed E-state index contributed by atoms with van der Waals surface area (Å²) < 4.78 is 76.8. The van der Waals surface area contributed by atoms with Gasteiger partial charge in [-0.05, 0) is 129 Å². The first kappa shape index (κ1) is 70.2. The number of sulfonamides is 2. The second-order valence-electron chi connectivity index (χ2n) is 25.1. The molecular formula is C75H82ClF2N11O7S2. The maximum Gasteiger partial charge on any atom is 0.236 e. The molecule has 15 rings (SSSR count). The predicted molar refractivity (Wildman–Crippen MR) is 392 cm³/mol. The fraction of sp³-hybridized carbons (Fsp3) is 0.293. The number of aromatic amines is 5. The van der Waals surface area contributed by atoms with Crippen molar-refractivity contribution in [3.05, 3.63) is 208 Å². The van der Waals surface area contributed by atoms with E-state index in [-0.39, 0.29) is 29.4 Å². The highest BCUT2D eigenvalue weighted by Crippen LogP contribution is 2.36. The highest BCUT2D eigenvalue weighted by Gasteiger charge is 2.26. The van der Waals surface area contributed by atoms with Crippen LogP contribution < -0.4 is 5.32 Å². The number of carbonyl (C=O) groups is 3. The van der Waals surface area contributed by atoms with Crippen molar-refractivity contribution >= 4 is 132 Å². The molecule has 0 bridgehead atoms. The lowest BCUT2D eigenvalue weighted by atomic mass is 9.98. The van der Waals surface area contributed by atoms with E-state index < -0.39 is 20.0 Å². The van der Waals surface area contributed by atoms with E-state index in [1.807, 2.05) is 83.0 Å². The molecule has 98 heavy (non-hydrogen) atoms. The van der Waals surface area contributed by atoms with Crippen LogP contribution in [0.5, 0.6) is 0 Å². The molecule has 0 fully saturated rings. The van der Waals surface area contributed by atoms with Gasteiger partial charge in [0.15, 0.2) is 0 Å². The van der Waals surface area contributed by atoms with Gasteiger partial charge in [-0.25, -0.2) is 25.6 Å². The van der Waals surface area contributed by atoms with E-state index in [1.165, 1.54) is 88.4 Å². The summed E-state index contributed by atoms with van der Waals surface area (Å²) in [5, 5.41) is 8.52. The molecule has 10 heterocycles. The van der Waals surface area contributed by atoms with Gasteiger partial charge in [0.05, 0.1) is 19.1 Å². The average molecular weight is 1390 g/mol. The Morgan fingerprint density at radius 3 is 1.31 bits per heavy atom. The number of nitrogens with one attached hydrogen (secondary N) is 6. The van der Waals surface area contributed by atoms with Crippen LogP contribution in [-0.2, 0) is 34.4 Å². The van der Waals surface area contributed by atoms with Gasteiger partial charge >= 0.3 is 0 Å². The van der Waals surface area contributed by atoms with Gasteiger partial charge in [0.25, 0.3) is 0 Å². The molecule has 3 amide bonds. The Hall–Kier alpha value is -9.16. The zero-order chi connectivity index (χ0) is 69.4. The zero-order valence-corrected chi connectivity index (χ0v) is 58.3. The van der Waals surface area contributed by atoms with Gasteiger partial charge < -0.3 is 44.9 Å². The number of likely N-dealkylation sites (N-methyl/N-ethyl adjacent to an activating group) is 1. The minimum absolute atomic E-state index is 0.0837. The number of H-pyrrole nitrogens is 5. The first-order chi connectivity index (χ1) is 47.0. The third-order valence-corrected chi connectivity index (χ3v) is 21.4. The highest BCUT2D eigenvalue weighted by atomic mass is 35.5. The molecular weight excluding hydrogens is 1300 g/mol. The monoisotopic (exact) mass is 1390 g/mol. The van der Waals surface area contributed by atoms with Crippen molar-refractivity contribution in [1.82, 2.24) is 53.5 Å². The minimum atomic E-state index is -3.16. The molecule has 0 saturated carbocycles. The summed E-state index contributed by atoms with van der Waals surface area (Å²) in [5.41, 5.74) is 17.5. The summed E-state index contributed by atoms with van der Waals surface area (Å²) in [5.74, 6) is -0.0722. The number of amides is 3. The Bertz CT molecular complexity index is 5030. The quantitative estimate of drug-likeness (QED) is 0.0813. The molecule has 5 aromatic carbocycles. The smallest absolute Gasteiger partial charge is 0.236 e. The number of nitrogens with zero attached hydrogens (tertiary/aromatic N) is 5. The number of hydrogen-bond donors (Lipinski definition) is 6. The fourth-order valence-corrected chi connectivity index (χ4v) is 14.9. The van der Waals surface area contributed by atoms with Gasteiger partial charge in [-0.2, -0.15) is 8.61 Å². The van der Waals surface area contributed by atoms with Crippen LogP contribution in [0.4, 0.5) is 8.78 Å². The average Bonchev–Trinajstić information content (AvgIpc) is 1.66. The molecule has 5 aliphatic rings. The molecule has 0 radical (unpaired) electrons. The molecule has 0 unspecified atom stereocenters. The molecule has 0 aliphatic carbocycles. The van der Waals surface area contributed by atoms with Crippen LogP contribution in [0.15, 0.2) is 158 Å².